The number of pyridine rings is 1. The van der Waals surface area contributed by atoms with Crippen molar-refractivity contribution in [1.82, 2.24) is 9.97 Å². The van der Waals surface area contributed by atoms with E-state index >= 15 is 0 Å². The maximum Gasteiger partial charge on any atom is 0.347 e. The summed E-state index contributed by atoms with van der Waals surface area (Å²) in [6.07, 6.45) is 3.17. The molecule has 0 aliphatic heterocycles. The first kappa shape index (κ1) is 13.5. The van der Waals surface area contributed by atoms with Crippen molar-refractivity contribution < 1.29 is 14.6 Å². The summed E-state index contributed by atoms with van der Waals surface area (Å²) < 4.78 is 4.99. The maximum absolute atomic E-state index is 11.2. The van der Waals surface area contributed by atoms with E-state index in [1.807, 2.05) is 13.0 Å². The third-order valence-corrected chi connectivity index (χ3v) is 3.71. The molecule has 2 aromatic rings. The highest BCUT2D eigenvalue weighted by atomic mass is 32.1. The number of methoxy groups -OCH3 is 1. The molecular formula is C13H14N2O3S. The third kappa shape index (κ3) is 2.90. The molecule has 0 saturated heterocycles. The van der Waals surface area contributed by atoms with Crippen molar-refractivity contribution in [3.05, 3.63) is 28.9 Å². The molecule has 2 heterocycles. The molecule has 100 valence electrons. The summed E-state index contributed by atoms with van der Waals surface area (Å²) in [7, 11) is 1.55. The van der Waals surface area contributed by atoms with Crippen LogP contribution in [0, 0.1) is 0 Å². The lowest BCUT2D eigenvalue weighted by atomic mass is 10.2. The third-order valence-electron chi connectivity index (χ3n) is 2.57. The van der Waals surface area contributed by atoms with Crippen molar-refractivity contribution >= 4 is 17.3 Å². The molecule has 0 bridgehead atoms. The number of ether oxygens (including phenoxy) is 1. The first-order chi connectivity index (χ1) is 9.15. The number of thiazole rings is 1. The van der Waals surface area contributed by atoms with Crippen LogP contribution >= 0.6 is 11.3 Å². The van der Waals surface area contributed by atoms with Gasteiger partial charge in [-0.15, -0.1) is 11.3 Å². The van der Waals surface area contributed by atoms with E-state index < -0.39 is 5.97 Å². The fourth-order valence-electron chi connectivity index (χ4n) is 1.68. The van der Waals surface area contributed by atoms with Gasteiger partial charge in [0.15, 0.2) is 0 Å². The maximum atomic E-state index is 11.2. The molecule has 0 spiro atoms. The van der Waals surface area contributed by atoms with Crippen LogP contribution in [0.15, 0.2) is 18.3 Å². The number of aromatic nitrogens is 2. The van der Waals surface area contributed by atoms with Crippen molar-refractivity contribution in [3.63, 3.8) is 0 Å². The highest BCUT2D eigenvalue weighted by molar-refractivity contribution is 7.17. The van der Waals surface area contributed by atoms with Gasteiger partial charge in [-0.05, 0) is 12.5 Å². The van der Waals surface area contributed by atoms with Gasteiger partial charge in [-0.2, -0.15) is 0 Å². The first-order valence-electron chi connectivity index (χ1n) is 5.89. The Kier molecular flexibility index (Phi) is 4.11. The number of carbonyl (C=O) groups is 1. The second-order valence-electron chi connectivity index (χ2n) is 3.94. The van der Waals surface area contributed by atoms with Gasteiger partial charge in [-0.1, -0.05) is 13.3 Å². The summed E-state index contributed by atoms with van der Waals surface area (Å²) in [4.78, 5) is 20.0. The zero-order valence-electron chi connectivity index (χ0n) is 10.7. The van der Waals surface area contributed by atoms with Crippen LogP contribution < -0.4 is 4.74 Å². The minimum Gasteiger partial charge on any atom is -0.481 e. The first-order valence-corrected chi connectivity index (χ1v) is 6.70. The molecule has 2 aromatic heterocycles. The Hall–Kier alpha value is -1.95. The predicted octanol–water partition coefficient (Wildman–Crippen LogP) is 2.86. The summed E-state index contributed by atoms with van der Waals surface area (Å²) in [5.41, 5.74) is 1.45. The van der Waals surface area contributed by atoms with Gasteiger partial charge in [0, 0.05) is 17.8 Å². The standard InChI is InChI=1S/C13H14N2O3S/c1-3-4-9-11(13(16)17)19-12(15-9)8-5-6-10(18-2)14-7-8/h5-7H,3-4H2,1-2H3,(H,16,17). The number of aromatic carboxylic acids is 1. The Bertz CT molecular complexity index is 578. The van der Waals surface area contributed by atoms with Gasteiger partial charge < -0.3 is 9.84 Å². The number of rotatable bonds is 5. The van der Waals surface area contributed by atoms with Crippen LogP contribution in [0.2, 0.25) is 0 Å². The largest absolute Gasteiger partial charge is 0.481 e. The van der Waals surface area contributed by atoms with Crippen molar-refractivity contribution in [2.45, 2.75) is 19.8 Å². The Morgan fingerprint density at radius 1 is 1.47 bits per heavy atom. The zero-order valence-corrected chi connectivity index (χ0v) is 11.5. The van der Waals surface area contributed by atoms with Gasteiger partial charge in [-0.3, -0.25) is 0 Å². The highest BCUT2D eigenvalue weighted by Crippen LogP contribution is 2.29. The monoisotopic (exact) mass is 278 g/mol. The quantitative estimate of drug-likeness (QED) is 0.910. The second kappa shape index (κ2) is 5.79. The predicted molar refractivity (Wildman–Crippen MR) is 72.9 cm³/mol. The number of carboxylic acid groups (broad SMARTS) is 1. The van der Waals surface area contributed by atoms with E-state index in [0.29, 0.717) is 27.9 Å². The molecule has 0 fully saturated rings. The van der Waals surface area contributed by atoms with E-state index in [0.717, 1.165) is 12.0 Å². The molecule has 0 aliphatic carbocycles. The van der Waals surface area contributed by atoms with E-state index in [-0.39, 0.29) is 0 Å². The molecule has 0 unspecified atom stereocenters. The molecule has 5 nitrogen and oxygen atoms in total. The minimum absolute atomic E-state index is 0.313. The van der Waals surface area contributed by atoms with Crippen molar-refractivity contribution in [2.75, 3.05) is 7.11 Å². The lowest BCUT2D eigenvalue weighted by molar-refractivity contribution is 0.0700. The fourth-order valence-corrected chi connectivity index (χ4v) is 2.62. The fraction of sp³-hybridized carbons (Fsp3) is 0.308. The van der Waals surface area contributed by atoms with Gasteiger partial charge in [0.05, 0.1) is 12.8 Å². The number of aryl methyl sites for hydroxylation is 1. The molecule has 2 rings (SSSR count). The van der Waals surface area contributed by atoms with Gasteiger partial charge in [0.1, 0.15) is 9.88 Å². The molecule has 6 heteroatoms. The van der Waals surface area contributed by atoms with Crippen LogP contribution in [-0.2, 0) is 6.42 Å². The highest BCUT2D eigenvalue weighted by Gasteiger charge is 2.17. The number of carboxylic acids is 1. The summed E-state index contributed by atoms with van der Waals surface area (Å²) in [6.45, 7) is 2.00. The Balaban J connectivity index is 2.38. The molecule has 0 amide bonds. The molecule has 0 saturated carbocycles. The summed E-state index contributed by atoms with van der Waals surface area (Å²) in [5.74, 6) is -0.402. The molecule has 0 atom stereocenters. The SMILES string of the molecule is CCCc1nc(-c2ccc(OC)nc2)sc1C(=O)O. The molecule has 0 aromatic carbocycles. The van der Waals surface area contributed by atoms with Crippen LogP contribution in [0.1, 0.15) is 28.7 Å². The molecular weight excluding hydrogens is 264 g/mol. The number of hydrogen-bond donors (Lipinski definition) is 1. The van der Waals surface area contributed by atoms with Crippen LogP contribution in [0.5, 0.6) is 5.88 Å². The summed E-state index contributed by atoms with van der Waals surface area (Å²) in [5, 5.41) is 9.85. The van der Waals surface area contributed by atoms with E-state index in [1.54, 1.807) is 19.4 Å². The Morgan fingerprint density at radius 2 is 2.26 bits per heavy atom. The number of nitrogens with zero attached hydrogens (tertiary/aromatic N) is 2. The van der Waals surface area contributed by atoms with Gasteiger partial charge >= 0.3 is 5.97 Å². The normalized spacial score (nSPS) is 10.4. The molecule has 0 radical (unpaired) electrons. The lowest BCUT2D eigenvalue weighted by Gasteiger charge is -1.98. The van der Waals surface area contributed by atoms with Crippen LogP contribution in [-0.4, -0.2) is 28.2 Å². The van der Waals surface area contributed by atoms with Gasteiger partial charge in [0.2, 0.25) is 5.88 Å². The summed E-state index contributed by atoms with van der Waals surface area (Å²) >= 11 is 1.18. The number of hydrogen-bond acceptors (Lipinski definition) is 5. The molecule has 19 heavy (non-hydrogen) atoms. The topological polar surface area (TPSA) is 72.3 Å². The zero-order chi connectivity index (χ0) is 13.8. The summed E-state index contributed by atoms with van der Waals surface area (Å²) in [6, 6.07) is 3.56. The second-order valence-corrected chi connectivity index (χ2v) is 4.94. The van der Waals surface area contributed by atoms with E-state index in [4.69, 9.17) is 9.84 Å². The Morgan fingerprint density at radius 3 is 2.79 bits per heavy atom. The minimum atomic E-state index is -0.923. The van der Waals surface area contributed by atoms with Gasteiger partial charge in [-0.25, -0.2) is 14.8 Å². The van der Waals surface area contributed by atoms with Crippen molar-refractivity contribution in [2.24, 2.45) is 0 Å². The average Bonchev–Trinajstić information content (AvgIpc) is 2.83. The van der Waals surface area contributed by atoms with Crippen LogP contribution in [0.4, 0.5) is 0 Å². The molecule has 1 N–H and O–H groups in total. The molecule has 0 aliphatic rings. The van der Waals surface area contributed by atoms with Gasteiger partial charge in [0.25, 0.3) is 0 Å². The van der Waals surface area contributed by atoms with Crippen molar-refractivity contribution in [3.8, 4) is 16.5 Å². The van der Waals surface area contributed by atoms with E-state index in [1.165, 1.54) is 11.3 Å². The van der Waals surface area contributed by atoms with Crippen molar-refractivity contribution in [1.29, 1.82) is 0 Å². The van der Waals surface area contributed by atoms with E-state index in [2.05, 4.69) is 9.97 Å². The van der Waals surface area contributed by atoms with Crippen LogP contribution in [0.3, 0.4) is 0 Å². The lowest BCUT2D eigenvalue weighted by Crippen LogP contribution is -1.98. The smallest absolute Gasteiger partial charge is 0.347 e. The van der Waals surface area contributed by atoms with Crippen LogP contribution in [0.25, 0.3) is 10.6 Å². The average molecular weight is 278 g/mol. The Labute approximate surface area is 114 Å². The van der Waals surface area contributed by atoms with E-state index in [9.17, 15) is 4.79 Å².